The summed E-state index contributed by atoms with van der Waals surface area (Å²) in [4.78, 5) is 24.6. The molecule has 6 rings (SSSR count). The van der Waals surface area contributed by atoms with Crippen LogP contribution < -0.4 is 4.90 Å². The average molecular weight is 482 g/mol. The number of hydrogen-bond acceptors (Lipinski definition) is 6. The van der Waals surface area contributed by atoms with Crippen molar-refractivity contribution in [2.24, 2.45) is 12.5 Å². The van der Waals surface area contributed by atoms with Gasteiger partial charge in [-0.25, -0.2) is 4.98 Å². The highest BCUT2D eigenvalue weighted by molar-refractivity contribution is 5.98. The molecule has 1 aromatic carbocycles. The SMILES string of the molecule is Cn1ncc(-c2ccc3cnc(CC(=O)c4ccnc(N5CCC6(CCC6)CC5)c4)cc3c2)c1CO. The predicted octanol–water partition coefficient (Wildman–Crippen LogP) is 4.72. The van der Waals surface area contributed by atoms with E-state index in [1.54, 1.807) is 23.1 Å². The van der Waals surface area contributed by atoms with Crippen LogP contribution in [-0.2, 0) is 20.1 Å². The van der Waals surface area contributed by atoms with Crippen molar-refractivity contribution >= 4 is 22.4 Å². The van der Waals surface area contributed by atoms with Gasteiger partial charge < -0.3 is 10.0 Å². The van der Waals surface area contributed by atoms with Crippen molar-refractivity contribution in [1.82, 2.24) is 19.7 Å². The van der Waals surface area contributed by atoms with E-state index in [0.717, 1.165) is 52.2 Å². The van der Waals surface area contributed by atoms with Crippen molar-refractivity contribution in [1.29, 1.82) is 0 Å². The molecule has 7 heteroatoms. The Bertz CT molecular complexity index is 1430. The number of fused-ring (bicyclic) bond motifs is 1. The van der Waals surface area contributed by atoms with Gasteiger partial charge in [-0.1, -0.05) is 18.6 Å². The lowest BCUT2D eigenvalue weighted by molar-refractivity contribution is 0.0951. The molecule has 1 spiro atoms. The van der Waals surface area contributed by atoms with Gasteiger partial charge in [-0.15, -0.1) is 0 Å². The Hall–Kier alpha value is -3.58. The van der Waals surface area contributed by atoms with E-state index in [0.29, 0.717) is 11.0 Å². The molecule has 4 aromatic rings. The van der Waals surface area contributed by atoms with Gasteiger partial charge in [-0.2, -0.15) is 5.10 Å². The molecule has 3 aromatic heterocycles. The predicted molar refractivity (Wildman–Crippen MR) is 140 cm³/mol. The molecule has 0 bridgehead atoms. The first-order valence-corrected chi connectivity index (χ1v) is 12.8. The normalized spacial score (nSPS) is 16.9. The number of ketones is 1. The van der Waals surface area contributed by atoms with Crippen molar-refractivity contribution in [2.45, 2.75) is 45.1 Å². The van der Waals surface area contributed by atoms with E-state index in [9.17, 15) is 9.90 Å². The molecule has 0 radical (unpaired) electrons. The van der Waals surface area contributed by atoms with E-state index in [2.05, 4.69) is 26.0 Å². The second kappa shape index (κ2) is 9.13. The smallest absolute Gasteiger partial charge is 0.169 e. The molecule has 0 atom stereocenters. The number of nitrogens with zero attached hydrogens (tertiary/aromatic N) is 5. The topological polar surface area (TPSA) is 84.1 Å². The summed E-state index contributed by atoms with van der Waals surface area (Å²) in [5.41, 5.74) is 4.66. The number of aryl methyl sites for hydroxylation is 1. The van der Waals surface area contributed by atoms with Crippen LogP contribution in [0.1, 0.15) is 53.8 Å². The maximum atomic E-state index is 13.2. The highest BCUT2D eigenvalue weighted by Crippen LogP contribution is 2.49. The summed E-state index contributed by atoms with van der Waals surface area (Å²) in [6.45, 7) is 1.97. The fourth-order valence-corrected chi connectivity index (χ4v) is 5.76. The van der Waals surface area contributed by atoms with E-state index in [-0.39, 0.29) is 18.8 Å². The van der Waals surface area contributed by atoms with Crippen molar-refractivity contribution in [2.75, 3.05) is 18.0 Å². The summed E-state index contributed by atoms with van der Waals surface area (Å²) in [7, 11) is 1.82. The Balaban J connectivity index is 1.20. The third-order valence-electron chi connectivity index (χ3n) is 8.27. The van der Waals surface area contributed by atoms with Crippen LogP contribution in [0.3, 0.4) is 0 Å². The summed E-state index contributed by atoms with van der Waals surface area (Å²) < 4.78 is 1.69. The molecular weight excluding hydrogens is 450 g/mol. The van der Waals surface area contributed by atoms with Crippen LogP contribution in [0.4, 0.5) is 5.82 Å². The number of aliphatic hydroxyl groups is 1. The molecule has 1 aliphatic heterocycles. The molecule has 0 amide bonds. The maximum absolute atomic E-state index is 13.2. The van der Waals surface area contributed by atoms with E-state index >= 15 is 0 Å². The summed E-state index contributed by atoms with van der Waals surface area (Å²) in [6, 6.07) is 11.8. The van der Waals surface area contributed by atoms with Gasteiger partial charge in [0.15, 0.2) is 5.78 Å². The summed E-state index contributed by atoms with van der Waals surface area (Å²) in [6.07, 6.45) is 12.2. The number of Topliss-reactive ketones (excluding diaryl/α,β-unsaturated/α-hetero) is 1. The van der Waals surface area contributed by atoms with E-state index in [4.69, 9.17) is 0 Å². The van der Waals surface area contributed by atoms with E-state index in [1.165, 1.54) is 32.1 Å². The molecule has 184 valence electrons. The number of aromatic nitrogens is 4. The minimum atomic E-state index is -0.0772. The lowest BCUT2D eigenvalue weighted by Crippen LogP contribution is -2.43. The fourth-order valence-electron chi connectivity index (χ4n) is 5.76. The molecule has 1 saturated carbocycles. The quantitative estimate of drug-likeness (QED) is 0.401. The number of anilines is 1. The third-order valence-corrected chi connectivity index (χ3v) is 8.27. The first kappa shape index (κ1) is 22.9. The Morgan fingerprint density at radius 2 is 1.83 bits per heavy atom. The van der Waals surface area contributed by atoms with E-state index < -0.39 is 0 Å². The van der Waals surface area contributed by atoms with Crippen LogP contribution in [0.2, 0.25) is 0 Å². The zero-order valence-corrected chi connectivity index (χ0v) is 20.7. The number of carbonyl (C=O) groups is 1. The van der Waals surface area contributed by atoms with Crippen LogP contribution in [0.25, 0.3) is 21.9 Å². The standard InChI is InChI=1S/C29H31N5O2/c1-33-26(19-35)25(18-32-33)20-3-4-22-17-31-24(14-23(22)13-20)16-27(36)21-5-10-30-28(15-21)34-11-8-29(9-12-34)6-2-7-29/h3-5,10,13-15,17-18,35H,2,6-9,11-12,16,19H2,1H3. The van der Waals surface area contributed by atoms with Gasteiger partial charge in [0.05, 0.1) is 24.9 Å². The summed E-state index contributed by atoms with van der Waals surface area (Å²) >= 11 is 0. The van der Waals surface area contributed by atoms with Crippen LogP contribution in [-0.4, -0.2) is 43.7 Å². The Morgan fingerprint density at radius 1 is 1.00 bits per heavy atom. The molecule has 0 unspecified atom stereocenters. The Labute approximate surface area is 210 Å². The first-order chi connectivity index (χ1) is 17.5. The van der Waals surface area contributed by atoms with Gasteiger partial charge in [0.2, 0.25) is 0 Å². The first-order valence-electron chi connectivity index (χ1n) is 12.8. The second-order valence-electron chi connectivity index (χ2n) is 10.4. The zero-order chi connectivity index (χ0) is 24.7. The van der Waals surface area contributed by atoms with Gasteiger partial charge >= 0.3 is 0 Å². The molecule has 1 N–H and O–H groups in total. The van der Waals surface area contributed by atoms with Gasteiger partial charge in [0, 0.05) is 54.7 Å². The molecule has 2 fully saturated rings. The number of rotatable bonds is 6. The lowest BCUT2D eigenvalue weighted by Gasteiger charge is -2.48. The van der Waals surface area contributed by atoms with Gasteiger partial charge in [-0.05, 0) is 66.3 Å². The minimum Gasteiger partial charge on any atom is -0.390 e. The number of piperidine rings is 1. The van der Waals surface area contributed by atoms with Gasteiger partial charge in [0.1, 0.15) is 5.82 Å². The van der Waals surface area contributed by atoms with Crippen molar-refractivity contribution in [3.8, 4) is 11.1 Å². The average Bonchev–Trinajstić information content (AvgIpc) is 3.27. The molecule has 1 saturated heterocycles. The third kappa shape index (κ3) is 4.17. The highest BCUT2D eigenvalue weighted by atomic mass is 16.3. The summed E-state index contributed by atoms with van der Waals surface area (Å²) in [5.74, 6) is 0.950. The fraction of sp³-hybridized carbons (Fsp3) is 0.379. The Kier molecular flexibility index (Phi) is 5.80. The molecular formula is C29H31N5O2. The highest BCUT2D eigenvalue weighted by Gasteiger charge is 2.39. The van der Waals surface area contributed by atoms with Gasteiger partial charge in [0.25, 0.3) is 0 Å². The molecule has 2 aliphatic rings. The van der Waals surface area contributed by atoms with Crippen molar-refractivity contribution in [3.05, 3.63) is 71.9 Å². The molecule has 36 heavy (non-hydrogen) atoms. The number of carbonyl (C=O) groups excluding carboxylic acids is 1. The van der Waals surface area contributed by atoms with Crippen LogP contribution >= 0.6 is 0 Å². The van der Waals surface area contributed by atoms with Crippen molar-refractivity contribution < 1.29 is 9.90 Å². The van der Waals surface area contributed by atoms with E-state index in [1.807, 2.05) is 37.5 Å². The number of benzene rings is 1. The lowest BCUT2D eigenvalue weighted by atomic mass is 9.63. The molecule has 1 aliphatic carbocycles. The summed E-state index contributed by atoms with van der Waals surface area (Å²) in [5, 5.41) is 16.0. The molecule has 4 heterocycles. The molecule has 7 nitrogen and oxygen atoms in total. The largest absolute Gasteiger partial charge is 0.390 e. The number of aliphatic hydroxyl groups excluding tert-OH is 1. The monoisotopic (exact) mass is 481 g/mol. The maximum Gasteiger partial charge on any atom is 0.169 e. The number of hydrogen-bond donors (Lipinski definition) is 1. The van der Waals surface area contributed by atoms with Crippen molar-refractivity contribution in [3.63, 3.8) is 0 Å². The second-order valence-corrected chi connectivity index (χ2v) is 10.4. The minimum absolute atomic E-state index is 0.0453. The van der Waals surface area contributed by atoms with Gasteiger partial charge in [-0.3, -0.25) is 14.5 Å². The zero-order valence-electron chi connectivity index (χ0n) is 20.7. The number of pyridine rings is 2. The van der Waals surface area contributed by atoms with Crippen LogP contribution in [0.15, 0.2) is 55.0 Å². The Morgan fingerprint density at radius 3 is 2.58 bits per heavy atom. The van der Waals surface area contributed by atoms with Crippen LogP contribution in [0, 0.1) is 5.41 Å². The van der Waals surface area contributed by atoms with Crippen LogP contribution in [0.5, 0.6) is 0 Å².